The second-order valence-corrected chi connectivity index (χ2v) is 10.2. The molecule has 0 saturated carbocycles. The molecule has 3 rings (SSSR count). The molecule has 3 amide bonds. The zero-order valence-corrected chi connectivity index (χ0v) is 19.4. The van der Waals surface area contributed by atoms with Gasteiger partial charge in [-0.3, -0.25) is 19.3 Å². The minimum absolute atomic E-state index is 0.0213. The van der Waals surface area contributed by atoms with Gasteiger partial charge in [0.25, 0.3) is 0 Å². The second kappa shape index (κ2) is 9.67. The monoisotopic (exact) mass is 420 g/mol. The first-order chi connectivity index (χ1) is 14.2. The molecule has 170 valence electrons. The van der Waals surface area contributed by atoms with Crippen molar-refractivity contribution in [3.8, 4) is 0 Å². The van der Waals surface area contributed by atoms with E-state index in [1.54, 1.807) is 0 Å². The molecule has 7 heteroatoms. The summed E-state index contributed by atoms with van der Waals surface area (Å²) in [5.41, 5.74) is -0.366. The van der Waals surface area contributed by atoms with Crippen molar-refractivity contribution < 1.29 is 14.4 Å². The van der Waals surface area contributed by atoms with E-state index in [4.69, 9.17) is 0 Å². The summed E-state index contributed by atoms with van der Waals surface area (Å²) < 4.78 is 0. The Morgan fingerprint density at radius 3 is 1.83 bits per heavy atom. The molecule has 0 radical (unpaired) electrons. The van der Waals surface area contributed by atoms with Crippen LogP contribution in [0.4, 0.5) is 0 Å². The lowest BCUT2D eigenvalue weighted by atomic mass is 9.90. The summed E-state index contributed by atoms with van der Waals surface area (Å²) in [5, 5.41) is 0. The molecule has 1 atom stereocenters. The number of hydrogen-bond acceptors (Lipinski definition) is 4. The second-order valence-electron chi connectivity index (χ2n) is 10.2. The fraction of sp³-hybridized carbons (Fsp3) is 0.870. The van der Waals surface area contributed by atoms with E-state index in [9.17, 15) is 14.4 Å². The fourth-order valence-electron chi connectivity index (χ4n) is 4.93. The minimum Gasteiger partial charge on any atom is -0.342 e. The van der Waals surface area contributed by atoms with Gasteiger partial charge in [-0.25, -0.2) is 0 Å². The molecule has 3 aliphatic rings. The van der Waals surface area contributed by atoms with Gasteiger partial charge >= 0.3 is 0 Å². The third-order valence-corrected chi connectivity index (χ3v) is 6.97. The number of nitrogens with zero attached hydrogens (tertiary/aromatic N) is 4. The Morgan fingerprint density at radius 2 is 1.30 bits per heavy atom. The maximum Gasteiger partial charge on any atom is 0.239 e. The highest BCUT2D eigenvalue weighted by atomic mass is 16.2. The molecule has 0 aromatic rings. The smallest absolute Gasteiger partial charge is 0.239 e. The maximum absolute atomic E-state index is 13.0. The van der Waals surface area contributed by atoms with Gasteiger partial charge in [-0.1, -0.05) is 20.8 Å². The number of rotatable bonds is 3. The summed E-state index contributed by atoms with van der Waals surface area (Å²) >= 11 is 0. The molecule has 0 N–H and O–H groups in total. The third-order valence-electron chi connectivity index (χ3n) is 6.97. The summed E-state index contributed by atoms with van der Waals surface area (Å²) in [6, 6.07) is -0.105. The Kier molecular flexibility index (Phi) is 7.43. The molecule has 1 unspecified atom stereocenters. The molecule has 0 aromatic carbocycles. The predicted octanol–water partition coefficient (Wildman–Crippen LogP) is 1.82. The van der Waals surface area contributed by atoms with Crippen molar-refractivity contribution >= 4 is 17.7 Å². The molecule has 3 aliphatic heterocycles. The minimum atomic E-state index is -0.366. The van der Waals surface area contributed by atoms with E-state index in [-0.39, 0.29) is 35.1 Å². The van der Waals surface area contributed by atoms with E-state index in [2.05, 4.69) is 4.90 Å². The average Bonchev–Trinajstić information content (AvgIpc) is 2.77. The van der Waals surface area contributed by atoms with Gasteiger partial charge in [0.05, 0.1) is 6.04 Å². The van der Waals surface area contributed by atoms with Crippen LogP contribution in [0.25, 0.3) is 0 Å². The Morgan fingerprint density at radius 1 is 0.733 bits per heavy atom. The average molecular weight is 421 g/mol. The van der Waals surface area contributed by atoms with Crippen molar-refractivity contribution in [1.29, 1.82) is 0 Å². The number of piperazine rings is 1. The Hall–Kier alpha value is -1.63. The Bertz CT molecular complexity index is 623. The van der Waals surface area contributed by atoms with Crippen molar-refractivity contribution in [2.45, 2.75) is 65.8 Å². The number of carbonyl (C=O) groups is 3. The number of carbonyl (C=O) groups excluding carboxylic acids is 3. The fourth-order valence-corrected chi connectivity index (χ4v) is 4.93. The highest BCUT2D eigenvalue weighted by Gasteiger charge is 2.36. The molecule has 30 heavy (non-hydrogen) atoms. The first-order valence-corrected chi connectivity index (χ1v) is 11.8. The van der Waals surface area contributed by atoms with Crippen LogP contribution in [0.5, 0.6) is 0 Å². The summed E-state index contributed by atoms with van der Waals surface area (Å²) in [6.07, 6.45) is 4.96. The summed E-state index contributed by atoms with van der Waals surface area (Å²) in [4.78, 5) is 46.4. The van der Waals surface area contributed by atoms with Gasteiger partial charge in [0.1, 0.15) is 0 Å². The van der Waals surface area contributed by atoms with E-state index >= 15 is 0 Å². The SMILES string of the molecule is CC(C(=O)N1CCCCC1)N1CCN(C(=O)C2CCN(C(=O)C(C)(C)C)CC2)CC1. The van der Waals surface area contributed by atoms with Crippen LogP contribution in [0.3, 0.4) is 0 Å². The summed E-state index contributed by atoms with van der Waals surface area (Å²) in [7, 11) is 0. The standard InChI is InChI=1S/C23H40N4O3/c1-18(20(28)25-10-6-5-7-11-25)24-14-16-26(17-15-24)21(29)19-8-12-27(13-9-19)22(30)23(2,3)4/h18-19H,5-17H2,1-4H3. The van der Waals surface area contributed by atoms with Crippen LogP contribution in [0.2, 0.25) is 0 Å². The van der Waals surface area contributed by atoms with E-state index in [1.165, 1.54) is 6.42 Å². The van der Waals surface area contributed by atoms with Gasteiger partial charge in [-0.2, -0.15) is 0 Å². The van der Waals surface area contributed by atoms with Crippen LogP contribution in [0.1, 0.15) is 59.8 Å². The number of likely N-dealkylation sites (tertiary alicyclic amines) is 2. The lowest BCUT2D eigenvalue weighted by Gasteiger charge is -2.41. The zero-order chi connectivity index (χ0) is 21.9. The van der Waals surface area contributed by atoms with Gasteiger partial charge < -0.3 is 14.7 Å². The maximum atomic E-state index is 13.0. The van der Waals surface area contributed by atoms with Crippen molar-refractivity contribution in [2.24, 2.45) is 11.3 Å². The zero-order valence-electron chi connectivity index (χ0n) is 19.4. The van der Waals surface area contributed by atoms with Gasteiger partial charge in [0.2, 0.25) is 17.7 Å². The first kappa shape index (κ1) is 23.0. The summed E-state index contributed by atoms with van der Waals surface area (Å²) in [5.74, 6) is 0.667. The van der Waals surface area contributed by atoms with Gasteiger partial charge in [-0.05, 0) is 39.0 Å². The molecular formula is C23H40N4O3. The first-order valence-electron chi connectivity index (χ1n) is 11.8. The van der Waals surface area contributed by atoms with E-state index in [1.807, 2.05) is 42.4 Å². The van der Waals surface area contributed by atoms with Crippen molar-refractivity contribution in [3.63, 3.8) is 0 Å². The molecule has 0 bridgehead atoms. The number of piperidine rings is 2. The van der Waals surface area contributed by atoms with Crippen molar-refractivity contribution in [2.75, 3.05) is 52.4 Å². The Balaban J connectivity index is 1.44. The lowest BCUT2D eigenvalue weighted by molar-refractivity contribution is -0.146. The summed E-state index contributed by atoms with van der Waals surface area (Å²) in [6.45, 7) is 13.9. The normalized spacial score (nSPS) is 23.4. The molecule has 0 aliphatic carbocycles. The Labute approximate surface area is 181 Å². The molecule has 0 spiro atoms. The largest absolute Gasteiger partial charge is 0.342 e. The molecule has 3 fully saturated rings. The highest BCUT2D eigenvalue weighted by Crippen LogP contribution is 2.25. The molecular weight excluding hydrogens is 380 g/mol. The molecule has 0 aromatic heterocycles. The lowest BCUT2D eigenvalue weighted by Crippen LogP contribution is -2.57. The topological polar surface area (TPSA) is 64.2 Å². The van der Waals surface area contributed by atoms with Crippen molar-refractivity contribution in [3.05, 3.63) is 0 Å². The number of hydrogen-bond donors (Lipinski definition) is 0. The third kappa shape index (κ3) is 5.34. The van der Waals surface area contributed by atoms with Crippen LogP contribution >= 0.6 is 0 Å². The van der Waals surface area contributed by atoms with E-state index in [0.717, 1.165) is 51.9 Å². The van der Waals surface area contributed by atoms with E-state index < -0.39 is 0 Å². The van der Waals surface area contributed by atoms with Gasteiger partial charge in [0, 0.05) is 63.7 Å². The molecule has 7 nitrogen and oxygen atoms in total. The van der Waals surface area contributed by atoms with E-state index in [0.29, 0.717) is 26.2 Å². The molecule has 3 saturated heterocycles. The van der Waals surface area contributed by atoms with Gasteiger partial charge in [-0.15, -0.1) is 0 Å². The highest BCUT2D eigenvalue weighted by molar-refractivity contribution is 5.83. The van der Waals surface area contributed by atoms with Crippen LogP contribution in [0.15, 0.2) is 0 Å². The van der Waals surface area contributed by atoms with Crippen molar-refractivity contribution in [1.82, 2.24) is 19.6 Å². The van der Waals surface area contributed by atoms with Gasteiger partial charge in [0.15, 0.2) is 0 Å². The van der Waals surface area contributed by atoms with Crippen LogP contribution in [0, 0.1) is 11.3 Å². The van der Waals surface area contributed by atoms with Crippen LogP contribution < -0.4 is 0 Å². The number of amides is 3. The predicted molar refractivity (Wildman–Crippen MR) is 117 cm³/mol. The molecule has 3 heterocycles. The van der Waals surface area contributed by atoms with Crippen LogP contribution in [-0.4, -0.2) is 95.7 Å². The quantitative estimate of drug-likeness (QED) is 0.699. The van der Waals surface area contributed by atoms with Crippen LogP contribution in [-0.2, 0) is 14.4 Å².